The first-order valence-electron chi connectivity index (χ1n) is 7.87. The van der Waals surface area contributed by atoms with Crippen LogP contribution in [0.4, 0.5) is 23.0 Å². The molecule has 128 valence electrons. The van der Waals surface area contributed by atoms with Crippen molar-refractivity contribution in [3.8, 4) is 5.75 Å². The molecule has 0 bridgehead atoms. The molecule has 1 aliphatic rings. The number of ether oxygens (including phenoxy) is 1. The van der Waals surface area contributed by atoms with Gasteiger partial charge in [0.1, 0.15) is 17.8 Å². The summed E-state index contributed by atoms with van der Waals surface area (Å²) in [5.74, 6) is 1.99. The second-order valence-electron chi connectivity index (χ2n) is 5.74. The zero-order chi connectivity index (χ0) is 16.9. The van der Waals surface area contributed by atoms with Gasteiger partial charge >= 0.3 is 0 Å². The summed E-state index contributed by atoms with van der Waals surface area (Å²) in [4.78, 5) is 10.8. The molecule has 0 saturated carbocycles. The Hall–Kier alpha value is -2.58. The Labute approximate surface area is 141 Å². The van der Waals surface area contributed by atoms with Crippen molar-refractivity contribution >= 4 is 23.0 Å². The van der Waals surface area contributed by atoms with Gasteiger partial charge in [-0.3, -0.25) is 0 Å². The molecule has 4 N–H and O–H groups in total. The molecule has 0 amide bonds. The lowest BCUT2D eigenvalue weighted by Crippen LogP contribution is -2.47. The Kier molecular flexibility index (Phi) is 4.97. The van der Waals surface area contributed by atoms with Crippen molar-refractivity contribution in [2.75, 3.05) is 56.8 Å². The second kappa shape index (κ2) is 7.33. The van der Waals surface area contributed by atoms with Crippen molar-refractivity contribution in [1.82, 2.24) is 19.9 Å². The zero-order valence-electron chi connectivity index (χ0n) is 14.0. The monoisotopic (exact) mass is 329 g/mol. The van der Waals surface area contributed by atoms with Crippen LogP contribution in [0.15, 0.2) is 30.6 Å². The predicted octanol–water partition coefficient (Wildman–Crippen LogP) is 1.39. The van der Waals surface area contributed by atoms with E-state index in [9.17, 15) is 0 Å². The molecular weight excluding hydrogens is 306 g/mol. The molecular formula is C16H23N7O. The van der Waals surface area contributed by atoms with E-state index < -0.39 is 0 Å². The number of likely N-dealkylation sites (N-methyl/N-ethyl adjacent to an activating group) is 1. The van der Waals surface area contributed by atoms with E-state index in [2.05, 4.69) is 37.7 Å². The molecule has 0 spiro atoms. The van der Waals surface area contributed by atoms with Gasteiger partial charge < -0.3 is 26.1 Å². The number of nitrogen functional groups attached to an aromatic ring is 1. The number of hydrogen-bond acceptors (Lipinski definition) is 8. The molecule has 8 nitrogen and oxygen atoms in total. The molecule has 2 heterocycles. The van der Waals surface area contributed by atoms with Gasteiger partial charge in [-0.15, -0.1) is 0 Å². The van der Waals surface area contributed by atoms with Crippen LogP contribution in [0, 0.1) is 0 Å². The summed E-state index contributed by atoms with van der Waals surface area (Å²) in [5.41, 5.74) is 10.9. The van der Waals surface area contributed by atoms with Crippen molar-refractivity contribution in [2.45, 2.75) is 0 Å². The SMILES string of the molecule is COc1ccc(Nc2ncnc(NN3CCN(C)CC3)c2N)cc1. The standard InChI is InChI=1S/C16H23N7O/c1-22-7-9-23(10-8-22)21-16-14(17)15(18-11-19-16)20-12-3-5-13(24-2)6-4-12/h3-6,11H,7-10,17H2,1-2H3,(H2,18,19,20,21). The minimum absolute atomic E-state index is 0.493. The number of piperazine rings is 1. The predicted molar refractivity (Wildman–Crippen MR) is 95.4 cm³/mol. The second-order valence-corrected chi connectivity index (χ2v) is 5.74. The van der Waals surface area contributed by atoms with Crippen LogP contribution in [-0.4, -0.2) is 60.2 Å². The molecule has 24 heavy (non-hydrogen) atoms. The van der Waals surface area contributed by atoms with E-state index in [0.29, 0.717) is 17.3 Å². The smallest absolute Gasteiger partial charge is 0.169 e. The molecule has 0 atom stereocenters. The average molecular weight is 329 g/mol. The highest BCUT2D eigenvalue weighted by molar-refractivity contribution is 5.77. The molecule has 8 heteroatoms. The van der Waals surface area contributed by atoms with Crippen molar-refractivity contribution < 1.29 is 4.74 Å². The van der Waals surface area contributed by atoms with Crippen molar-refractivity contribution in [3.05, 3.63) is 30.6 Å². The minimum Gasteiger partial charge on any atom is -0.497 e. The normalized spacial score (nSPS) is 15.9. The summed E-state index contributed by atoms with van der Waals surface area (Å²) in [6, 6.07) is 7.58. The highest BCUT2D eigenvalue weighted by Gasteiger charge is 2.16. The van der Waals surface area contributed by atoms with Gasteiger partial charge in [-0.2, -0.15) is 0 Å². The summed E-state index contributed by atoms with van der Waals surface area (Å²) in [7, 11) is 3.76. The minimum atomic E-state index is 0.493. The number of methoxy groups -OCH3 is 1. The van der Waals surface area contributed by atoms with Crippen LogP contribution >= 0.6 is 0 Å². The zero-order valence-corrected chi connectivity index (χ0v) is 14.0. The van der Waals surface area contributed by atoms with Crippen LogP contribution in [0.25, 0.3) is 0 Å². The molecule has 3 rings (SSSR count). The number of nitrogens with two attached hydrogens (primary N) is 1. The van der Waals surface area contributed by atoms with Crippen molar-refractivity contribution in [2.24, 2.45) is 0 Å². The number of aromatic nitrogens is 2. The summed E-state index contributed by atoms with van der Waals surface area (Å²) >= 11 is 0. The van der Waals surface area contributed by atoms with E-state index in [4.69, 9.17) is 10.5 Å². The first-order chi connectivity index (χ1) is 11.7. The van der Waals surface area contributed by atoms with E-state index in [0.717, 1.165) is 37.6 Å². The number of hydrogen-bond donors (Lipinski definition) is 3. The van der Waals surface area contributed by atoms with E-state index in [1.807, 2.05) is 24.3 Å². The number of nitrogens with one attached hydrogen (secondary N) is 2. The number of hydrazine groups is 1. The van der Waals surface area contributed by atoms with Gasteiger partial charge in [0.05, 0.1) is 7.11 Å². The van der Waals surface area contributed by atoms with Crippen molar-refractivity contribution in [3.63, 3.8) is 0 Å². The lowest BCUT2D eigenvalue weighted by molar-refractivity contribution is 0.178. The Morgan fingerprint density at radius 1 is 1.04 bits per heavy atom. The molecule has 1 aromatic carbocycles. The molecule has 1 aromatic heterocycles. The quantitative estimate of drug-likeness (QED) is 0.758. The van der Waals surface area contributed by atoms with Crippen LogP contribution in [-0.2, 0) is 0 Å². The van der Waals surface area contributed by atoms with Gasteiger partial charge in [-0.1, -0.05) is 0 Å². The van der Waals surface area contributed by atoms with Gasteiger partial charge in [0.2, 0.25) is 0 Å². The lowest BCUT2D eigenvalue weighted by Gasteiger charge is -2.32. The van der Waals surface area contributed by atoms with E-state index >= 15 is 0 Å². The Morgan fingerprint density at radius 3 is 2.38 bits per heavy atom. The maximum Gasteiger partial charge on any atom is 0.169 e. The van der Waals surface area contributed by atoms with Gasteiger partial charge in [-0.05, 0) is 31.3 Å². The Balaban J connectivity index is 1.70. The molecule has 0 unspecified atom stereocenters. The summed E-state index contributed by atoms with van der Waals surface area (Å²) in [5, 5.41) is 5.33. The third kappa shape index (κ3) is 3.84. The van der Waals surface area contributed by atoms with Crippen molar-refractivity contribution in [1.29, 1.82) is 0 Å². The van der Waals surface area contributed by atoms with Gasteiger partial charge in [-0.25, -0.2) is 15.0 Å². The summed E-state index contributed by atoms with van der Waals surface area (Å²) < 4.78 is 5.16. The third-order valence-electron chi connectivity index (χ3n) is 4.00. The molecule has 1 saturated heterocycles. The topological polar surface area (TPSA) is 91.6 Å². The van der Waals surface area contributed by atoms with Crippen LogP contribution in [0.5, 0.6) is 5.75 Å². The average Bonchev–Trinajstić information content (AvgIpc) is 2.61. The maximum atomic E-state index is 6.22. The Bertz CT molecular complexity index is 669. The highest BCUT2D eigenvalue weighted by atomic mass is 16.5. The van der Waals surface area contributed by atoms with Gasteiger partial charge in [0.25, 0.3) is 0 Å². The van der Waals surface area contributed by atoms with Crippen LogP contribution < -0.4 is 21.2 Å². The highest BCUT2D eigenvalue weighted by Crippen LogP contribution is 2.27. The summed E-state index contributed by atoms with van der Waals surface area (Å²) in [6.45, 7) is 3.85. The number of benzene rings is 1. The first kappa shape index (κ1) is 16.3. The molecule has 1 aliphatic heterocycles. The fourth-order valence-corrected chi connectivity index (χ4v) is 2.46. The van der Waals surface area contributed by atoms with Gasteiger partial charge in [0, 0.05) is 31.9 Å². The number of nitrogens with zero attached hydrogens (tertiary/aromatic N) is 4. The maximum absolute atomic E-state index is 6.22. The van der Waals surface area contributed by atoms with Crippen LogP contribution in [0.2, 0.25) is 0 Å². The summed E-state index contributed by atoms with van der Waals surface area (Å²) in [6.07, 6.45) is 1.50. The van der Waals surface area contributed by atoms with E-state index in [1.165, 1.54) is 6.33 Å². The number of anilines is 4. The van der Waals surface area contributed by atoms with E-state index in [-0.39, 0.29) is 0 Å². The molecule has 1 fully saturated rings. The van der Waals surface area contributed by atoms with E-state index in [1.54, 1.807) is 7.11 Å². The fourth-order valence-electron chi connectivity index (χ4n) is 2.46. The number of rotatable bonds is 5. The lowest BCUT2D eigenvalue weighted by atomic mass is 10.3. The molecule has 0 radical (unpaired) electrons. The largest absolute Gasteiger partial charge is 0.497 e. The van der Waals surface area contributed by atoms with Crippen LogP contribution in [0.1, 0.15) is 0 Å². The van der Waals surface area contributed by atoms with Gasteiger partial charge in [0.15, 0.2) is 11.6 Å². The molecule has 0 aliphatic carbocycles. The molecule has 2 aromatic rings. The van der Waals surface area contributed by atoms with Crippen LogP contribution in [0.3, 0.4) is 0 Å². The first-order valence-corrected chi connectivity index (χ1v) is 7.87. The Morgan fingerprint density at radius 2 is 1.71 bits per heavy atom. The fraction of sp³-hybridized carbons (Fsp3) is 0.375. The third-order valence-corrected chi connectivity index (χ3v) is 4.00.